The topological polar surface area (TPSA) is 98.7 Å². The zero-order valence-electron chi connectivity index (χ0n) is 27.2. The summed E-state index contributed by atoms with van der Waals surface area (Å²) in [5, 5.41) is 12.8. The molecule has 2 atom stereocenters. The number of likely N-dealkylation sites (tertiary alicyclic amines) is 1. The van der Waals surface area contributed by atoms with Crippen molar-refractivity contribution in [1.82, 2.24) is 15.5 Å². The molecule has 1 heterocycles. The SMILES string of the molecule is C=CNC(=C(C)C)c1ccc(CNC=O)cc1.CC.CC/C=C(/C)CCC(=O)CC(C)C(=O)N1CCCC1C.CO. The molecule has 1 aliphatic rings. The second-order valence-corrected chi connectivity index (χ2v) is 10.0. The van der Waals surface area contributed by atoms with Gasteiger partial charge in [0.15, 0.2) is 0 Å². The fourth-order valence-corrected chi connectivity index (χ4v) is 4.43. The van der Waals surface area contributed by atoms with Crippen LogP contribution in [0.1, 0.15) is 105 Å². The predicted molar refractivity (Wildman–Crippen MR) is 173 cm³/mol. The van der Waals surface area contributed by atoms with Crippen LogP contribution in [0, 0.1) is 5.92 Å². The van der Waals surface area contributed by atoms with E-state index in [0.717, 1.165) is 56.2 Å². The van der Waals surface area contributed by atoms with Gasteiger partial charge in [0.05, 0.1) is 0 Å². The first-order valence-corrected chi connectivity index (χ1v) is 14.9. The highest BCUT2D eigenvalue weighted by molar-refractivity contribution is 5.87. The molecule has 0 saturated carbocycles. The van der Waals surface area contributed by atoms with Crippen LogP contribution in [0.4, 0.5) is 0 Å². The molecular formula is C34H57N3O4. The van der Waals surface area contributed by atoms with Crippen molar-refractivity contribution in [3.8, 4) is 0 Å². The minimum atomic E-state index is -0.168. The lowest BCUT2D eigenvalue weighted by Gasteiger charge is -2.24. The molecule has 0 aliphatic carbocycles. The third-order valence-electron chi connectivity index (χ3n) is 6.52. The van der Waals surface area contributed by atoms with E-state index < -0.39 is 0 Å². The zero-order chi connectivity index (χ0) is 31.8. The van der Waals surface area contributed by atoms with Gasteiger partial charge in [0, 0.05) is 50.7 Å². The highest BCUT2D eigenvalue weighted by Gasteiger charge is 2.29. The Balaban J connectivity index is 0. The van der Waals surface area contributed by atoms with E-state index in [1.807, 2.05) is 63.8 Å². The van der Waals surface area contributed by atoms with E-state index in [-0.39, 0.29) is 17.6 Å². The maximum absolute atomic E-state index is 12.3. The molecule has 1 saturated heterocycles. The summed E-state index contributed by atoms with van der Waals surface area (Å²) in [5.41, 5.74) is 5.72. The van der Waals surface area contributed by atoms with Crippen molar-refractivity contribution in [2.45, 2.75) is 107 Å². The molecule has 2 rings (SSSR count). The molecule has 0 aromatic heterocycles. The van der Waals surface area contributed by atoms with E-state index >= 15 is 0 Å². The molecule has 0 radical (unpaired) electrons. The van der Waals surface area contributed by atoms with E-state index in [2.05, 4.69) is 44.1 Å². The first-order chi connectivity index (χ1) is 19.6. The van der Waals surface area contributed by atoms with Crippen molar-refractivity contribution in [2.75, 3.05) is 13.7 Å². The van der Waals surface area contributed by atoms with Crippen LogP contribution >= 0.6 is 0 Å². The molecule has 232 valence electrons. The number of nitrogens with zero attached hydrogens (tertiary/aromatic N) is 1. The molecule has 2 amide bonds. The molecule has 41 heavy (non-hydrogen) atoms. The monoisotopic (exact) mass is 571 g/mol. The van der Waals surface area contributed by atoms with E-state index in [9.17, 15) is 14.4 Å². The number of ketones is 1. The number of hydrogen-bond donors (Lipinski definition) is 3. The van der Waals surface area contributed by atoms with Gasteiger partial charge in [-0.3, -0.25) is 14.4 Å². The Morgan fingerprint density at radius 2 is 1.73 bits per heavy atom. The number of carbonyl (C=O) groups excluding carboxylic acids is 3. The van der Waals surface area contributed by atoms with Gasteiger partial charge in [-0.1, -0.05) is 75.8 Å². The molecule has 0 spiro atoms. The lowest BCUT2D eigenvalue weighted by molar-refractivity contribution is -0.137. The maximum Gasteiger partial charge on any atom is 0.226 e. The number of rotatable bonds is 13. The Morgan fingerprint density at radius 1 is 1.12 bits per heavy atom. The van der Waals surface area contributed by atoms with Gasteiger partial charge in [-0.25, -0.2) is 0 Å². The van der Waals surface area contributed by atoms with Crippen LogP contribution in [0.3, 0.4) is 0 Å². The average molecular weight is 572 g/mol. The molecule has 3 N–H and O–H groups in total. The van der Waals surface area contributed by atoms with Crippen molar-refractivity contribution in [1.29, 1.82) is 0 Å². The van der Waals surface area contributed by atoms with Crippen molar-refractivity contribution in [2.24, 2.45) is 5.92 Å². The van der Waals surface area contributed by atoms with Gasteiger partial charge >= 0.3 is 0 Å². The second-order valence-electron chi connectivity index (χ2n) is 10.0. The molecule has 1 aliphatic heterocycles. The summed E-state index contributed by atoms with van der Waals surface area (Å²) < 4.78 is 0. The minimum Gasteiger partial charge on any atom is -0.400 e. The van der Waals surface area contributed by atoms with Crippen molar-refractivity contribution >= 4 is 23.8 Å². The van der Waals surface area contributed by atoms with Gasteiger partial charge in [-0.2, -0.15) is 0 Å². The summed E-state index contributed by atoms with van der Waals surface area (Å²) in [4.78, 5) is 36.4. The highest BCUT2D eigenvalue weighted by atomic mass is 16.2. The Kier molecular flexibility index (Phi) is 24.0. The molecule has 1 fully saturated rings. The quantitative estimate of drug-likeness (QED) is 0.179. The number of allylic oxidation sites excluding steroid dienone is 3. The van der Waals surface area contributed by atoms with Crippen molar-refractivity contribution in [3.05, 3.63) is 65.4 Å². The van der Waals surface area contributed by atoms with Crippen LogP contribution in [-0.4, -0.2) is 47.8 Å². The van der Waals surface area contributed by atoms with Crippen LogP contribution < -0.4 is 10.6 Å². The van der Waals surface area contributed by atoms with Gasteiger partial charge < -0.3 is 20.6 Å². The van der Waals surface area contributed by atoms with E-state index in [4.69, 9.17) is 5.11 Å². The normalized spacial score (nSPS) is 14.4. The summed E-state index contributed by atoms with van der Waals surface area (Å²) in [5.74, 6) is 0.198. The van der Waals surface area contributed by atoms with Crippen LogP contribution in [0.15, 0.2) is 54.3 Å². The maximum atomic E-state index is 12.3. The highest BCUT2D eigenvalue weighted by Crippen LogP contribution is 2.21. The standard InChI is InChI=1S/C17H29NO2.C14H18N2O.C2H6.CH4O/c1-5-7-13(2)9-10-16(19)12-14(3)17(20)18-11-6-8-15(18)4;1-4-16-14(11(2)3)13-7-5-12(6-8-13)9-15-10-17;2*1-2/h7,14-15H,5-6,8-12H2,1-4H3;4-8,10,16H,1,9H2,2-3H3,(H,15,17);1-2H3;2H,1H3/b13-7-;;;. The predicted octanol–water partition coefficient (Wildman–Crippen LogP) is 6.78. The van der Waals surface area contributed by atoms with Crippen LogP contribution in [0.25, 0.3) is 5.70 Å². The molecule has 1 aromatic rings. The number of hydrogen-bond acceptors (Lipinski definition) is 5. The lowest BCUT2D eigenvalue weighted by atomic mass is 9.98. The number of carbonyl (C=O) groups is 3. The Hall–Kier alpha value is -3.19. The largest absolute Gasteiger partial charge is 0.400 e. The van der Waals surface area contributed by atoms with Crippen molar-refractivity contribution in [3.63, 3.8) is 0 Å². The third-order valence-corrected chi connectivity index (χ3v) is 6.52. The van der Waals surface area contributed by atoms with Gasteiger partial charge in [0.2, 0.25) is 12.3 Å². The molecule has 7 heteroatoms. The molecule has 7 nitrogen and oxygen atoms in total. The fraction of sp³-hybridized carbons (Fsp3) is 0.559. The summed E-state index contributed by atoms with van der Waals surface area (Å²) in [6.45, 7) is 21.3. The first-order valence-electron chi connectivity index (χ1n) is 14.9. The van der Waals surface area contributed by atoms with E-state index in [0.29, 0.717) is 31.8 Å². The summed E-state index contributed by atoms with van der Waals surface area (Å²) >= 11 is 0. The van der Waals surface area contributed by atoms with Gasteiger partial charge in [-0.05, 0) is 70.7 Å². The number of benzene rings is 1. The molecule has 0 bridgehead atoms. The van der Waals surface area contributed by atoms with Gasteiger partial charge in [0.25, 0.3) is 0 Å². The van der Waals surface area contributed by atoms with Crippen LogP contribution in [0.2, 0.25) is 0 Å². The molecule has 1 aromatic carbocycles. The Bertz CT molecular complexity index is 947. The summed E-state index contributed by atoms with van der Waals surface area (Å²) in [7, 11) is 1.00. The van der Waals surface area contributed by atoms with Gasteiger partial charge in [-0.15, -0.1) is 0 Å². The number of aliphatic hydroxyl groups excluding tert-OH is 1. The summed E-state index contributed by atoms with van der Waals surface area (Å²) in [6.07, 6.45) is 9.51. The molecule has 2 unspecified atom stereocenters. The Labute approximate surface area is 250 Å². The second kappa shape index (κ2) is 24.6. The summed E-state index contributed by atoms with van der Waals surface area (Å²) in [6, 6.07) is 8.40. The average Bonchev–Trinajstić information content (AvgIpc) is 3.41. The third kappa shape index (κ3) is 16.6. The van der Waals surface area contributed by atoms with Crippen LogP contribution in [-0.2, 0) is 20.9 Å². The number of amides is 2. The van der Waals surface area contributed by atoms with Crippen molar-refractivity contribution < 1.29 is 19.5 Å². The number of aliphatic hydroxyl groups is 1. The van der Waals surface area contributed by atoms with Crippen LogP contribution in [0.5, 0.6) is 0 Å². The molecular weight excluding hydrogens is 514 g/mol. The first kappa shape index (κ1) is 40.0. The Morgan fingerprint density at radius 3 is 2.20 bits per heavy atom. The lowest BCUT2D eigenvalue weighted by Crippen LogP contribution is -2.38. The van der Waals surface area contributed by atoms with Gasteiger partial charge in [0.1, 0.15) is 5.78 Å². The smallest absolute Gasteiger partial charge is 0.226 e. The number of Topliss-reactive ketones (excluding diaryl/α,β-unsaturated/α-hetero) is 1. The fourth-order valence-electron chi connectivity index (χ4n) is 4.43. The zero-order valence-corrected chi connectivity index (χ0v) is 27.2. The van der Waals surface area contributed by atoms with E-state index in [1.54, 1.807) is 6.20 Å². The minimum absolute atomic E-state index is 0.157. The van der Waals surface area contributed by atoms with E-state index in [1.165, 1.54) is 11.1 Å². The number of nitrogens with one attached hydrogen (secondary N) is 2.